The highest BCUT2D eigenvalue weighted by molar-refractivity contribution is 7.99. The number of imidazole rings is 1. The number of hydrogen-bond acceptors (Lipinski definition) is 2. The Morgan fingerprint density at radius 2 is 2.22 bits per heavy atom. The van der Waals surface area contributed by atoms with Crippen LogP contribution in [0.25, 0.3) is 0 Å². The van der Waals surface area contributed by atoms with Gasteiger partial charge in [-0.2, -0.15) is 0 Å². The number of aryl methyl sites for hydroxylation is 2. The second kappa shape index (κ2) is 6.30. The Labute approximate surface area is 117 Å². The molecule has 0 spiro atoms. The third kappa shape index (κ3) is 3.30. The van der Waals surface area contributed by atoms with Crippen LogP contribution in [0.1, 0.15) is 25.3 Å². The van der Waals surface area contributed by atoms with Crippen LogP contribution < -0.4 is 0 Å². The first kappa shape index (κ1) is 13.5. The Morgan fingerprint density at radius 1 is 1.39 bits per heavy atom. The number of aromatic nitrogens is 2. The number of halogens is 1. The van der Waals surface area contributed by atoms with Crippen LogP contribution in [0.4, 0.5) is 0 Å². The maximum atomic E-state index is 6.25. The SMILES string of the molecule is CCCCn1ccnc1Sc1ccc(C)cc1Cl. The normalized spacial score (nSPS) is 10.8. The zero-order chi connectivity index (χ0) is 13.0. The molecular weight excluding hydrogens is 264 g/mol. The van der Waals surface area contributed by atoms with Crippen LogP contribution in [0, 0.1) is 6.92 Å². The first-order chi connectivity index (χ1) is 8.70. The minimum atomic E-state index is 0.796. The quantitative estimate of drug-likeness (QED) is 0.783. The molecule has 0 aliphatic heterocycles. The van der Waals surface area contributed by atoms with Gasteiger partial charge in [-0.05, 0) is 31.0 Å². The summed E-state index contributed by atoms with van der Waals surface area (Å²) >= 11 is 7.87. The first-order valence-electron chi connectivity index (χ1n) is 6.16. The third-order valence-corrected chi connectivity index (χ3v) is 4.24. The molecule has 0 N–H and O–H groups in total. The summed E-state index contributed by atoms with van der Waals surface area (Å²) in [5.41, 5.74) is 1.18. The lowest BCUT2D eigenvalue weighted by Gasteiger charge is -2.08. The minimum Gasteiger partial charge on any atom is -0.326 e. The average molecular weight is 281 g/mol. The summed E-state index contributed by atoms with van der Waals surface area (Å²) in [6, 6.07) is 6.12. The molecule has 0 saturated heterocycles. The standard InChI is InChI=1S/C14H17ClN2S/c1-3-4-8-17-9-7-16-14(17)18-13-6-5-11(2)10-12(13)15/h5-7,9-10H,3-4,8H2,1-2H3. The second-order valence-electron chi connectivity index (χ2n) is 4.29. The van der Waals surface area contributed by atoms with Crippen molar-refractivity contribution >= 4 is 23.4 Å². The number of benzene rings is 1. The van der Waals surface area contributed by atoms with Crippen molar-refractivity contribution in [2.24, 2.45) is 0 Å². The van der Waals surface area contributed by atoms with E-state index in [1.54, 1.807) is 11.8 Å². The summed E-state index contributed by atoms with van der Waals surface area (Å²) in [6.07, 6.45) is 6.24. The lowest BCUT2D eigenvalue weighted by molar-refractivity contribution is 0.587. The fourth-order valence-corrected chi connectivity index (χ4v) is 2.91. The predicted octanol–water partition coefficient (Wildman–Crippen LogP) is 4.80. The van der Waals surface area contributed by atoms with Gasteiger partial charge < -0.3 is 4.57 Å². The highest BCUT2D eigenvalue weighted by Crippen LogP contribution is 2.32. The molecule has 0 aliphatic carbocycles. The van der Waals surface area contributed by atoms with E-state index in [2.05, 4.69) is 28.6 Å². The highest BCUT2D eigenvalue weighted by atomic mass is 35.5. The van der Waals surface area contributed by atoms with Gasteiger partial charge >= 0.3 is 0 Å². The second-order valence-corrected chi connectivity index (χ2v) is 5.71. The summed E-state index contributed by atoms with van der Waals surface area (Å²) in [6.45, 7) is 5.26. The summed E-state index contributed by atoms with van der Waals surface area (Å²) in [4.78, 5) is 5.46. The van der Waals surface area contributed by atoms with Crippen LogP contribution in [-0.4, -0.2) is 9.55 Å². The molecule has 96 valence electrons. The van der Waals surface area contributed by atoms with Crippen LogP contribution >= 0.6 is 23.4 Å². The summed E-state index contributed by atoms with van der Waals surface area (Å²) in [5.74, 6) is 0. The maximum Gasteiger partial charge on any atom is 0.172 e. The molecule has 0 bridgehead atoms. The zero-order valence-electron chi connectivity index (χ0n) is 10.7. The van der Waals surface area contributed by atoms with Crippen molar-refractivity contribution in [2.45, 2.75) is 43.3 Å². The summed E-state index contributed by atoms with van der Waals surface area (Å²) < 4.78 is 2.18. The van der Waals surface area contributed by atoms with Crippen LogP contribution in [0.2, 0.25) is 5.02 Å². The average Bonchev–Trinajstić information content (AvgIpc) is 2.77. The van der Waals surface area contributed by atoms with Gasteiger partial charge in [-0.15, -0.1) is 0 Å². The minimum absolute atomic E-state index is 0.796. The van der Waals surface area contributed by atoms with Crippen LogP contribution in [0.3, 0.4) is 0 Å². The van der Waals surface area contributed by atoms with Crippen molar-refractivity contribution in [3.63, 3.8) is 0 Å². The Balaban J connectivity index is 2.15. The number of nitrogens with zero attached hydrogens (tertiary/aromatic N) is 2. The first-order valence-corrected chi connectivity index (χ1v) is 7.35. The molecule has 0 unspecified atom stereocenters. The van der Waals surface area contributed by atoms with Crippen LogP contribution in [0.15, 0.2) is 40.6 Å². The summed E-state index contributed by atoms with van der Waals surface area (Å²) in [5, 5.41) is 1.80. The molecule has 1 heterocycles. The van der Waals surface area contributed by atoms with Crippen LogP contribution in [0.5, 0.6) is 0 Å². The molecule has 1 aromatic heterocycles. The fraction of sp³-hybridized carbons (Fsp3) is 0.357. The van der Waals surface area contributed by atoms with Crippen molar-refractivity contribution in [3.8, 4) is 0 Å². The maximum absolute atomic E-state index is 6.25. The third-order valence-electron chi connectivity index (χ3n) is 2.72. The van der Waals surface area contributed by atoms with Gasteiger partial charge in [0.05, 0.1) is 5.02 Å². The molecule has 0 atom stereocenters. The number of rotatable bonds is 5. The largest absolute Gasteiger partial charge is 0.326 e. The van der Waals surface area contributed by atoms with Crippen LogP contribution in [-0.2, 0) is 6.54 Å². The van der Waals surface area contributed by atoms with Crippen molar-refractivity contribution in [2.75, 3.05) is 0 Å². The summed E-state index contributed by atoms with van der Waals surface area (Å²) in [7, 11) is 0. The van der Waals surface area contributed by atoms with E-state index in [4.69, 9.17) is 11.6 Å². The molecule has 2 nitrogen and oxygen atoms in total. The van der Waals surface area contributed by atoms with Gasteiger partial charge in [0.25, 0.3) is 0 Å². The molecule has 18 heavy (non-hydrogen) atoms. The fourth-order valence-electron chi connectivity index (χ4n) is 1.69. The Hall–Kier alpha value is -0.930. The van der Waals surface area contributed by atoms with E-state index < -0.39 is 0 Å². The predicted molar refractivity (Wildman–Crippen MR) is 77.4 cm³/mol. The van der Waals surface area contributed by atoms with Gasteiger partial charge in [0.1, 0.15) is 0 Å². The van der Waals surface area contributed by atoms with Gasteiger partial charge in [0.2, 0.25) is 0 Å². The zero-order valence-corrected chi connectivity index (χ0v) is 12.3. The lowest BCUT2D eigenvalue weighted by atomic mass is 10.2. The van der Waals surface area contributed by atoms with E-state index in [0.29, 0.717) is 0 Å². The Kier molecular flexibility index (Phi) is 4.72. The van der Waals surface area contributed by atoms with Crippen molar-refractivity contribution in [3.05, 3.63) is 41.2 Å². The molecule has 1 aromatic carbocycles. The molecule has 2 aromatic rings. The van der Waals surface area contributed by atoms with E-state index in [-0.39, 0.29) is 0 Å². The Bertz CT molecular complexity index is 522. The van der Waals surface area contributed by atoms with E-state index in [0.717, 1.165) is 21.6 Å². The lowest BCUT2D eigenvalue weighted by Crippen LogP contribution is -1.98. The van der Waals surface area contributed by atoms with Gasteiger partial charge in [-0.1, -0.05) is 42.8 Å². The molecule has 0 amide bonds. The van der Waals surface area contributed by atoms with Gasteiger partial charge in [0, 0.05) is 23.8 Å². The molecule has 0 radical (unpaired) electrons. The number of hydrogen-bond donors (Lipinski definition) is 0. The van der Waals surface area contributed by atoms with E-state index in [1.165, 1.54) is 18.4 Å². The van der Waals surface area contributed by atoms with Crippen molar-refractivity contribution < 1.29 is 0 Å². The monoisotopic (exact) mass is 280 g/mol. The highest BCUT2D eigenvalue weighted by Gasteiger charge is 2.08. The molecule has 0 aliphatic rings. The molecule has 0 fully saturated rings. The molecule has 0 saturated carbocycles. The van der Waals surface area contributed by atoms with Gasteiger partial charge in [-0.3, -0.25) is 0 Å². The van der Waals surface area contributed by atoms with Gasteiger partial charge in [0.15, 0.2) is 5.16 Å². The Morgan fingerprint density at radius 3 is 2.94 bits per heavy atom. The van der Waals surface area contributed by atoms with E-state index in [9.17, 15) is 0 Å². The smallest absolute Gasteiger partial charge is 0.172 e. The number of unbranched alkanes of at least 4 members (excludes halogenated alkanes) is 1. The van der Waals surface area contributed by atoms with E-state index in [1.807, 2.05) is 25.4 Å². The topological polar surface area (TPSA) is 17.8 Å². The van der Waals surface area contributed by atoms with E-state index >= 15 is 0 Å². The molecule has 2 rings (SSSR count). The van der Waals surface area contributed by atoms with Crippen molar-refractivity contribution in [1.29, 1.82) is 0 Å². The van der Waals surface area contributed by atoms with Gasteiger partial charge in [-0.25, -0.2) is 4.98 Å². The molecule has 4 heteroatoms. The molecular formula is C14H17ClN2S. The van der Waals surface area contributed by atoms with Crippen molar-refractivity contribution in [1.82, 2.24) is 9.55 Å².